The van der Waals surface area contributed by atoms with E-state index in [4.69, 9.17) is 4.84 Å². The number of rotatable bonds is 4. The maximum absolute atomic E-state index is 11.0. The van der Waals surface area contributed by atoms with E-state index in [0.29, 0.717) is 5.71 Å². The summed E-state index contributed by atoms with van der Waals surface area (Å²) in [6.07, 6.45) is 2.22. The number of benzene rings is 2. The molecule has 0 saturated heterocycles. The third kappa shape index (κ3) is 3.62. The summed E-state index contributed by atoms with van der Waals surface area (Å²) in [6.45, 7) is 6.26. The van der Waals surface area contributed by atoms with Crippen LogP contribution in [0.1, 0.15) is 31.9 Å². The Labute approximate surface area is 172 Å². The standard InChI is InChI=1S/C22H20N2O2S2/c1-4-24-20-7-5-16(12-22-27-9-10-28-22)11-18(20)19-13-17(6-8-21(19)24)14(2)23-26-15(3)25/h5-13H,4H2,1-3H3/b23-14+. The lowest BCUT2D eigenvalue weighted by Gasteiger charge is -2.04. The molecule has 1 aliphatic rings. The molecule has 0 spiro atoms. The van der Waals surface area contributed by atoms with Gasteiger partial charge in [0, 0.05) is 39.5 Å². The van der Waals surface area contributed by atoms with Gasteiger partial charge >= 0.3 is 5.97 Å². The molecule has 1 aromatic heterocycles. The third-order valence-corrected chi connectivity index (χ3v) is 6.64. The highest BCUT2D eigenvalue weighted by Gasteiger charge is 2.12. The minimum absolute atomic E-state index is 0.419. The lowest BCUT2D eigenvalue weighted by molar-refractivity contribution is -0.140. The number of aromatic nitrogens is 1. The molecule has 4 nitrogen and oxygen atoms in total. The number of oxime groups is 1. The van der Waals surface area contributed by atoms with Crippen LogP contribution < -0.4 is 0 Å². The first-order valence-electron chi connectivity index (χ1n) is 9.05. The van der Waals surface area contributed by atoms with E-state index in [1.165, 1.54) is 38.5 Å². The van der Waals surface area contributed by atoms with Crippen LogP contribution in [0.15, 0.2) is 56.6 Å². The minimum atomic E-state index is -0.419. The number of hydrogen-bond acceptors (Lipinski definition) is 5. The van der Waals surface area contributed by atoms with Crippen molar-refractivity contribution in [3.05, 3.63) is 62.6 Å². The molecule has 0 amide bonds. The first-order valence-corrected chi connectivity index (χ1v) is 10.8. The summed E-state index contributed by atoms with van der Waals surface area (Å²) >= 11 is 3.50. The van der Waals surface area contributed by atoms with Gasteiger partial charge in [0.25, 0.3) is 0 Å². The Balaban J connectivity index is 1.86. The lowest BCUT2D eigenvalue weighted by Crippen LogP contribution is -1.99. The van der Waals surface area contributed by atoms with E-state index >= 15 is 0 Å². The van der Waals surface area contributed by atoms with Crippen molar-refractivity contribution in [2.45, 2.75) is 27.3 Å². The normalized spacial score (nSPS) is 14.2. The molecule has 2 aromatic carbocycles. The average molecular weight is 409 g/mol. The Morgan fingerprint density at radius 3 is 2.43 bits per heavy atom. The van der Waals surface area contributed by atoms with Crippen LogP contribution >= 0.6 is 23.5 Å². The fourth-order valence-corrected chi connectivity index (χ4v) is 5.06. The van der Waals surface area contributed by atoms with Gasteiger partial charge in [-0.15, -0.1) is 0 Å². The summed E-state index contributed by atoms with van der Waals surface area (Å²) in [4.78, 5) is 15.8. The molecule has 4 rings (SSSR count). The number of carbonyl (C=O) groups is 1. The number of thioether (sulfide) groups is 2. The van der Waals surface area contributed by atoms with E-state index in [1.54, 1.807) is 23.5 Å². The van der Waals surface area contributed by atoms with Crippen LogP contribution in [0, 0.1) is 0 Å². The quantitative estimate of drug-likeness (QED) is 0.287. The van der Waals surface area contributed by atoms with Crippen LogP contribution in [0.4, 0.5) is 0 Å². The zero-order valence-electron chi connectivity index (χ0n) is 15.9. The molecular formula is C22H20N2O2S2. The van der Waals surface area contributed by atoms with Crippen molar-refractivity contribution in [1.29, 1.82) is 0 Å². The molecule has 6 heteroatoms. The number of carbonyl (C=O) groups excluding carboxylic acids is 1. The highest BCUT2D eigenvalue weighted by Crippen LogP contribution is 2.39. The van der Waals surface area contributed by atoms with Crippen molar-refractivity contribution in [3.8, 4) is 0 Å². The summed E-state index contributed by atoms with van der Waals surface area (Å²) < 4.78 is 3.61. The van der Waals surface area contributed by atoms with E-state index < -0.39 is 5.97 Å². The van der Waals surface area contributed by atoms with Crippen LogP contribution in [0.5, 0.6) is 0 Å². The van der Waals surface area contributed by atoms with Crippen LogP contribution in [-0.4, -0.2) is 16.2 Å². The topological polar surface area (TPSA) is 43.6 Å². The number of nitrogens with zero attached hydrogens (tertiary/aromatic N) is 2. The van der Waals surface area contributed by atoms with Gasteiger partial charge in [0.05, 0.1) is 5.71 Å². The molecule has 0 bridgehead atoms. The third-order valence-electron chi connectivity index (χ3n) is 4.64. The Morgan fingerprint density at radius 2 is 1.75 bits per heavy atom. The van der Waals surface area contributed by atoms with Crippen molar-refractivity contribution in [1.82, 2.24) is 4.57 Å². The van der Waals surface area contributed by atoms with Crippen LogP contribution in [0.25, 0.3) is 27.9 Å². The largest absolute Gasteiger partial charge is 0.341 e. The van der Waals surface area contributed by atoms with Crippen molar-refractivity contribution in [2.75, 3.05) is 0 Å². The predicted molar refractivity (Wildman–Crippen MR) is 121 cm³/mol. The molecule has 0 unspecified atom stereocenters. The van der Waals surface area contributed by atoms with Gasteiger partial charge in [0.15, 0.2) is 0 Å². The van der Waals surface area contributed by atoms with Gasteiger partial charge in [-0.05, 0) is 66.1 Å². The first kappa shape index (κ1) is 18.9. The number of aryl methyl sites for hydroxylation is 1. The summed E-state index contributed by atoms with van der Waals surface area (Å²) in [5.41, 5.74) is 5.22. The molecule has 28 heavy (non-hydrogen) atoms. The van der Waals surface area contributed by atoms with E-state index in [2.05, 4.69) is 63.9 Å². The SMILES string of the molecule is CCn1c2ccc(C=C3SC=CS3)cc2c2cc(/C(C)=N/OC(C)=O)ccc21. The second kappa shape index (κ2) is 7.89. The van der Waals surface area contributed by atoms with E-state index in [0.717, 1.165) is 12.1 Å². The van der Waals surface area contributed by atoms with E-state index in [1.807, 2.05) is 13.0 Å². The fraction of sp³-hybridized carbons (Fsp3) is 0.182. The molecule has 0 N–H and O–H groups in total. The molecular weight excluding hydrogens is 388 g/mol. The zero-order valence-corrected chi connectivity index (χ0v) is 17.6. The average Bonchev–Trinajstić information content (AvgIpc) is 3.31. The van der Waals surface area contributed by atoms with Crippen molar-refractivity contribution in [2.24, 2.45) is 5.16 Å². The van der Waals surface area contributed by atoms with E-state index in [9.17, 15) is 4.79 Å². The van der Waals surface area contributed by atoms with Crippen LogP contribution in [0.3, 0.4) is 0 Å². The number of fused-ring (bicyclic) bond motifs is 3. The Kier molecular flexibility index (Phi) is 5.33. The molecule has 3 aromatic rings. The van der Waals surface area contributed by atoms with Gasteiger partial charge in [-0.3, -0.25) is 0 Å². The lowest BCUT2D eigenvalue weighted by atomic mass is 10.1. The Morgan fingerprint density at radius 1 is 1.07 bits per heavy atom. The van der Waals surface area contributed by atoms with E-state index in [-0.39, 0.29) is 0 Å². The van der Waals surface area contributed by atoms with Gasteiger partial charge in [-0.1, -0.05) is 40.8 Å². The van der Waals surface area contributed by atoms with Crippen LogP contribution in [0.2, 0.25) is 0 Å². The Bertz CT molecular complexity index is 1160. The summed E-state index contributed by atoms with van der Waals surface area (Å²) in [5.74, 6) is -0.419. The predicted octanol–water partition coefficient (Wildman–Crippen LogP) is 6.35. The monoisotopic (exact) mass is 408 g/mol. The fourth-order valence-electron chi connectivity index (χ4n) is 3.38. The highest BCUT2D eigenvalue weighted by molar-refractivity contribution is 8.27. The summed E-state index contributed by atoms with van der Waals surface area (Å²) in [6, 6.07) is 12.9. The first-order chi connectivity index (χ1) is 13.6. The second-order valence-corrected chi connectivity index (χ2v) is 8.64. The Hall–Kier alpha value is -2.44. The molecule has 0 fully saturated rings. The number of hydrogen-bond donors (Lipinski definition) is 0. The van der Waals surface area contributed by atoms with Crippen molar-refractivity contribution in [3.63, 3.8) is 0 Å². The molecule has 0 saturated carbocycles. The van der Waals surface area contributed by atoms with Gasteiger partial charge < -0.3 is 9.40 Å². The summed E-state index contributed by atoms with van der Waals surface area (Å²) in [7, 11) is 0. The summed E-state index contributed by atoms with van der Waals surface area (Å²) in [5, 5.41) is 10.5. The van der Waals surface area contributed by atoms with Crippen LogP contribution in [-0.2, 0) is 16.2 Å². The smallest absolute Gasteiger partial charge is 0.331 e. The minimum Gasteiger partial charge on any atom is -0.341 e. The van der Waals surface area contributed by atoms with Crippen molar-refractivity contribution < 1.29 is 9.63 Å². The zero-order chi connectivity index (χ0) is 19.7. The van der Waals surface area contributed by atoms with Gasteiger partial charge in [0.2, 0.25) is 0 Å². The second-order valence-electron chi connectivity index (χ2n) is 6.48. The van der Waals surface area contributed by atoms with Gasteiger partial charge in [-0.2, -0.15) is 0 Å². The highest BCUT2D eigenvalue weighted by atomic mass is 32.2. The molecule has 142 valence electrons. The molecule has 0 atom stereocenters. The molecule has 0 aliphatic carbocycles. The maximum atomic E-state index is 11.0. The van der Waals surface area contributed by atoms with Gasteiger partial charge in [-0.25, -0.2) is 4.79 Å². The van der Waals surface area contributed by atoms with Crippen molar-refractivity contribution >= 4 is 63.1 Å². The molecule has 1 aliphatic heterocycles. The molecule has 2 heterocycles. The molecule has 0 radical (unpaired) electrons. The maximum Gasteiger partial charge on any atom is 0.331 e. The van der Waals surface area contributed by atoms with Gasteiger partial charge in [0.1, 0.15) is 0 Å².